The van der Waals surface area contributed by atoms with Gasteiger partial charge in [0.15, 0.2) is 5.76 Å². The van der Waals surface area contributed by atoms with Gasteiger partial charge in [0.05, 0.1) is 0 Å². The second kappa shape index (κ2) is 4.03. The standard InChI is InChI=1S/C12H11BrN2O/c13-10-4-2-1-3-8(10)12-9-5-6-14-7-11(9)15-16-12/h1-4,14H,5-7H2. The summed E-state index contributed by atoms with van der Waals surface area (Å²) >= 11 is 3.54. The summed E-state index contributed by atoms with van der Waals surface area (Å²) in [7, 11) is 0. The number of benzene rings is 1. The molecule has 2 aromatic rings. The third-order valence-electron chi connectivity index (χ3n) is 2.83. The molecule has 82 valence electrons. The van der Waals surface area contributed by atoms with Gasteiger partial charge in [0.2, 0.25) is 0 Å². The Morgan fingerprint density at radius 2 is 2.19 bits per heavy atom. The molecule has 0 saturated heterocycles. The fourth-order valence-electron chi connectivity index (χ4n) is 2.02. The predicted octanol–water partition coefficient (Wildman–Crippen LogP) is 2.75. The Balaban J connectivity index is 2.13. The van der Waals surface area contributed by atoms with Gasteiger partial charge in [0.1, 0.15) is 5.69 Å². The van der Waals surface area contributed by atoms with Crippen LogP contribution in [0.5, 0.6) is 0 Å². The third kappa shape index (κ3) is 1.58. The van der Waals surface area contributed by atoms with Gasteiger partial charge in [-0.2, -0.15) is 0 Å². The quantitative estimate of drug-likeness (QED) is 0.872. The predicted molar refractivity (Wildman–Crippen MR) is 65.0 cm³/mol. The molecule has 0 amide bonds. The van der Waals surface area contributed by atoms with Crippen molar-refractivity contribution in [3.63, 3.8) is 0 Å². The largest absolute Gasteiger partial charge is 0.356 e. The van der Waals surface area contributed by atoms with E-state index in [1.54, 1.807) is 0 Å². The fourth-order valence-corrected chi connectivity index (χ4v) is 2.48. The molecule has 0 fully saturated rings. The molecule has 1 aromatic heterocycles. The Kier molecular flexibility index (Phi) is 2.53. The zero-order valence-corrected chi connectivity index (χ0v) is 10.3. The van der Waals surface area contributed by atoms with Crippen molar-refractivity contribution in [3.8, 4) is 11.3 Å². The Labute approximate surface area is 102 Å². The van der Waals surface area contributed by atoms with Crippen LogP contribution in [0.15, 0.2) is 33.3 Å². The highest BCUT2D eigenvalue weighted by atomic mass is 79.9. The normalized spacial score (nSPS) is 14.8. The maximum absolute atomic E-state index is 5.46. The van der Waals surface area contributed by atoms with Gasteiger partial charge < -0.3 is 9.84 Å². The molecule has 0 unspecified atom stereocenters. The lowest BCUT2D eigenvalue weighted by Crippen LogP contribution is -2.23. The van der Waals surface area contributed by atoms with Crippen LogP contribution in [0.2, 0.25) is 0 Å². The first-order valence-electron chi connectivity index (χ1n) is 5.29. The van der Waals surface area contributed by atoms with E-state index in [2.05, 4.69) is 26.4 Å². The van der Waals surface area contributed by atoms with Gasteiger partial charge in [-0.25, -0.2) is 0 Å². The number of halogens is 1. The molecular weight excluding hydrogens is 268 g/mol. The van der Waals surface area contributed by atoms with Crippen molar-refractivity contribution in [2.45, 2.75) is 13.0 Å². The molecule has 0 aliphatic carbocycles. The average Bonchev–Trinajstić information content (AvgIpc) is 2.74. The average molecular weight is 279 g/mol. The van der Waals surface area contributed by atoms with Gasteiger partial charge in [-0.05, 0) is 25.1 Å². The molecule has 0 bridgehead atoms. The van der Waals surface area contributed by atoms with Crippen LogP contribution in [-0.2, 0) is 13.0 Å². The lowest BCUT2D eigenvalue weighted by atomic mass is 10.0. The highest BCUT2D eigenvalue weighted by Crippen LogP contribution is 2.33. The van der Waals surface area contributed by atoms with Gasteiger partial charge in [0.25, 0.3) is 0 Å². The lowest BCUT2D eigenvalue weighted by Gasteiger charge is -2.11. The van der Waals surface area contributed by atoms with Crippen LogP contribution in [0, 0.1) is 0 Å². The number of nitrogens with zero attached hydrogens (tertiary/aromatic N) is 1. The van der Waals surface area contributed by atoms with E-state index < -0.39 is 0 Å². The summed E-state index contributed by atoms with van der Waals surface area (Å²) in [6, 6.07) is 8.08. The molecule has 0 atom stereocenters. The van der Waals surface area contributed by atoms with Crippen molar-refractivity contribution in [1.82, 2.24) is 10.5 Å². The van der Waals surface area contributed by atoms with Crippen LogP contribution >= 0.6 is 15.9 Å². The number of rotatable bonds is 1. The van der Waals surface area contributed by atoms with Crippen molar-refractivity contribution < 1.29 is 4.52 Å². The van der Waals surface area contributed by atoms with Crippen LogP contribution in [0.25, 0.3) is 11.3 Å². The summed E-state index contributed by atoms with van der Waals surface area (Å²) < 4.78 is 6.51. The molecule has 1 aromatic carbocycles. The van der Waals surface area contributed by atoms with E-state index in [-0.39, 0.29) is 0 Å². The summed E-state index contributed by atoms with van der Waals surface area (Å²) in [6.45, 7) is 1.80. The number of hydrogen-bond acceptors (Lipinski definition) is 3. The lowest BCUT2D eigenvalue weighted by molar-refractivity contribution is 0.421. The highest BCUT2D eigenvalue weighted by Gasteiger charge is 2.21. The van der Waals surface area contributed by atoms with Crippen molar-refractivity contribution in [2.75, 3.05) is 6.54 Å². The molecule has 0 saturated carbocycles. The Morgan fingerprint density at radius 1 is 1.31 bits per heavy atom. The zero-order chi connectivity index (χ0) is 11.0. The molecule has 2 heterocycles. The molecule has 1 N–H and O–H groups in total. The van der Waals surface area contributed by atoms with Crippen molar-refractivity contribution in [3.05, 3.63) is 40.0 Å². The minimum Gasteiger partial charge on any atom is -0.356 e. The van der Waals surface area contributed by atoms with E-state index in [4.69, 9.17) is 4.52 Å². The Hall–Kier alpha value is -1.13. The van der Waals surface area contributed by atoms with E-state index in [1.165, 1.54) is 5.56 Å². The number of nitrogens with one attached hydrogen (secondary N) is 1. The second-order valence-corrected chi connectivity index (χ2v) is 4.70. The summed E-state index contributed by atoms with van der Waals surface area (Å²) in [5.74, 6) is 0.906. The van der Waals surface area contributed by atoms with E-state index in [0.717, 1.165) is 41.0 Å². The van der Waals surface area contributed by atoms with Gasteiger partial charge >= 0.3 is 0 Å². The topological polar surface area (TPSA) is 38.1 Å². The Bertz CT molecular complexity index is 521. The first-order valence-corrected chi connectivity index (χ1v) is 6.08. The van der Waals surface area contributed by atoms with E-state index in [0.29, 0.717) is 0 Å². The smallest absolute Gasteiger partial charge is 0.171 e. The zero-order valence-electron chi connectivity index (χ0n) is 8.66. The Morgan fingerprint density at radius 3 is 3.06 bits per heavy atom. The van der Waals surface area contributed by atoms with Crippen LogP contribution in [0.4, 0.5) is 0 Å². The monoisotopic (exact) mass is 278 g/mol. The number of hydrogen-bond donors (Lipinski definition) is 1. The molecule has 3 nitrogen and oxygen atoms in total. The SMILES string of the molecule is Brc1ccccc1-c1onc2c1CCNC2. The van der Waals surface area contributed by atoms with Crippen molar-refractivity contribution >= 4 is 15.9 Å². The van der Waals surface area contributed by atoms with Gasteiger partial charge in [-0.1, -0.05) is 33.2 Å². The van der Waals surface area contributed by atoms with Crippen LogP contribution in [0.1, 0.15) is 11.3 Å². The molecule has 0 spiro atoms. The molecule has 1 aliphatic rings. The summed E-state index contributed by atoms with van der Waals surface area (Å²) in [5.41, 5.74) is 3.36. The van der Waals surface area contributed by atoms with E-state index in [1.807, 2.05) is 24.3 Å². The van der Waals surface area contributed by atoms with Gasteiger partial charge in [-0.3, -0.25) is 0 Å². The van der Waals surface area contributed by atoms with Crippen LogP contribution in [-0.4, -0.2) is 11.7 Å². The van der Waals surface area contributed by atoms with Crippen LogP contribution in [0.3, 0.4) is 0 Å². The maximum Gasteiger partial charge on any atom is 0.171 e. The number of aromatic nitrogens is 1. The maximum atomic E-state index is 5.46. The minimum absolute atomic E-state index is 0.809. The molecule has 4 heteroatoms. The summed E-state index contributed by atoms with van der Waals surface area (Å²) in [6.07, 6.45) is 0.982. The first-order chi connectivity index (χ1) is 7.86. The second-order valence-electron chi connectivity index (χ2n) is 3.84. The van der Waals surface area contributed by atoms with Crippen molar-refractivity contribution in [1.29, 1.82) is 0 Å². The van der Waals surface area contributed by atoms with E-state index >= 15 is 0 Å². The minimum atomic E-state index is 0.809. The molecule has 3 rings (SSSR count). The molecular formula is C12H11BrN2O. The third-order valence-corrected chi connectivity index (χ3v) is 3.52. The molecule has 0 radical (unpaired) electrons. The molecule has 1 aliphatic heterocycles. The molecule has 16 heavy (non-hydrogen) atoms. The van der Waals surface area contributed by atoms with Crippen LogP contribution < -0.4 is 5.32 Å². The first kappa shape index (κ1) is 10.1. The van der Waals surface area contributed by atoms with Gasteiger partial charge in [0, 0.05) is 22.1 Å². The van der Waals surface area contributed by atoms with Crippen molar-refractivity contribution in [2.24, 2.45) is 0 Å². The van der Waals surface area contributed by atoms with Gasteiger partial charge in [-0.15, -0.1) is 0 Å². The van der Waals surface area contributed by atoms with E-state index in [9.17, 15) is 0 Å². The summed E-state index contributed by atoms with van der Waals surface area (Å²) in [4.78, 5) is 0. The fraction of sp³-hybridized carbons (Fsp3) is 0.250. The summed E-state index contributed by atoms with van der Waals surface area (Å²) in [5, 5.41) is 7.40. The number of fused-ring (bicyclic) bond motifs is 1. The highest BCUT2D eigenvalue weighted by molar-refractivity contribution is 9.10.